The lowest BCUT2D eigenvalue weighted by atomic mass is 9.74. The Kier molecular flexibility index (Phi) is 9.73. The molecule has 1 fully saturated rings. The van der Waals surface area contributed by atoms with E-state index in [0.29, 0.717) is 17.1 Å². The second kappa shape index (κ2) is 13.6. The highest BCUT2D eigenvalue weighted by Gasteiger charge is 2.44. The van der Waals surface area contributed by atoms with Crippen molar-refractivity contribution in [1.29, 1.82) is 0 Å². The van der Waals surface area contributed by atoms with Gasteiger partial charge in [0, 0.05) is 24.6 Å². The molecule has 0 spiro atoms. The maximum absolute atomic E-state index is 13.8. The Hall–Kier alpha value is -4.66. The Morgan fingerprint density at radius 3 is 1.93 bits per heavy atom. The Morgan fingerprint density at radius 1 is 0.829 bits per heavy atom. The van der Waals surface area contributed by atoms with Gasteiger partial charge in [-0.15, -0.1) is 0 Å². The van der Waals surface area contributed by atoms with Crippen molar-refractivity contribution in [1.82, 2.24) is 4.90 Å². The number of carbonyl (C=O) groups excluding carboxylic acids is 3. The van der Waals surface area contributed by atoms with Crippen LogP contribution < -0.4 is 9.47 Å². The molecule has 0 bridgehead atoms. The predicted molar refractivity (Wildman–Crippen MR) is 150 cm³/mol. The molecule has 0 aliphatic carbocycles. The van der Waals surface area contributed by atoms with Crippen molar-refractivity contribution in [3.05, 3.63) is 95.6 Å². The van der Waals surface area contributed by atoms with Crippen molar-refractivity contribution in [2.75, 3.05) is 27.3 Å². The minimum atomic E-state index is -1.61. The molecule has 2 atom stereocenters. The van der Waals surface area contributed by atoms with Crippen LogP contribution >= 0.6 is 0 Å². The number of carboxylic acids is 1. The SMILES string of the molecule is COc1ccc(C(=O)C(c2ccc(OC)cc2)C(C(=O)O)C(=O)C2CCN(C(=O)OCc3ccccc3)CC2)cc1. The quantitative estimate of drug-likeness (QED) is 0.258. The first-order valence-electron chi connectivity index (χ1n) is 13.4. The van der Waals surface area contributed by atoms with Crippen molar-refractivity contribution in [2.45, 2.75) is 25.4 Å². The minimum Gasteiger partial charge on any atom is -0.497 e. The van der Waals surface area contributed by atoms with Crippen molar-refractivity contribution >= 4 is 23.6 Å². The zero-order valence-electron chi connectivity index (χ0n) is 23.0. The summed E-state index contributed by atoms with van der Waals surface area (Å²) in [6.07, 6.45) is 0.0600. The summed E-state index contributed by atoms with van der Waals surface area (Å²) in [5, 5.41) is 10.3. The molecular weight excluding hydrogens is 526 g/mol. The van der Waals surface area contributed by atoms with E-state index in [2.05, 4.69) is 0 Å². The monoisotopic (exact) mass is 559 g/mol. The second-order valence-corrected chi connectivity index (χ2v) is 9.86. The van der Waals surface area contributed by atoms with Crippen molar-refractivity contribution in [2.24, 2.45) is 11.8 Å². The van der Waals surface area contributed by atoms with Crippen LogP contribution in [0.5, 0.6) is 11.5 Å². The summed E-state index contributed by atoms with van der Waals surface area (Å²) < 4.78 is 15.8. The van der Waals surface area contributed by atoms with Crippen LogP contribution in [0.2, 0.25) is 0 Å². The number of Topliss-reactive ketones (excluding diaryl/α,β-unsaturated/α-hetero) is 2. The van der Waals surface area contributed by atoms with Crippen LogP contribution in [0.1, 0.15) is 40.2 Å². The molecule has 4 rings (SSSR count). The van der Waals surface area contributed by atoms with E-state index in [1.807, 2.05) is 30.3 Å². The molecule has 3 aromatic carbocycles. The molecule has 2 unspecified atom stereocenters. The van der Waals surface area contributed by atoms with Crippen LogP contribution in [0.15, 0.2) is 78.9 Å². The van der Waals surface area contributed by atoms with Crippen LogP contribution in [0.4, 0.5) is 4.79 Å². The number of carboxylic acid groups (broad SMARTS) is 1. The number of hydrogen-bond acceptors (Lipinski definition) is 7. The van der Waals surface area contributed by atoms with Gasteiger partial charge in [0.15, 0.2) is 11.6 Å². The number of hydrogen-bond donors (Lipinski definition) is 1. The number of methoxy groups -OCH3 is 2. The van der Waals surface area contributed by atoms with E-state index in [1.54, 1.807) is 48.5 Å². The van der Waals surface area contributed by atoms with Gasteiger partial charge in [-0.2, -0.15) is 0 Å². The highest BCUT2D eigenvalue weighted by molar-refractivity contribution is 6.10. The Balaban J connectivity index is 1.52. The first-order valence-corrected chi connectivity index (χ1v) is 13.4. The van der Waals surface area contributed by atoms with E-state index in [1.165, 1.54) is 19.1 Å². The summed E-state index contributed by atoms with van der Waals surface area (Å²) in [5.41, 5.74) is 1.53. The number of ketones is 2. The molecule has 1 amide bonds. The van der Waals surface area contributed by atoms with Gasteiger partial charge in [-0.3, -0.25) is 14.4 Å². The fraction of sp³-hybridized carbons (Fsp3) is 0.312. The lowest BCUT2D eigenvalue weighted by molar-refractivity contribution is -0.148. The van der Waals surface area contributed by atoms with Gasteiger partial charge in [-0.1, -0.05) is 42.5 Å². The Morgan fingerprint density at radius 2 is 1.39 bits per heavy atom. The summed E-state index contributed by atoms with van der Waals surface area (Å²) in [7, 11) is 3.01. The third kappa shape index (κ3) is 7.11. The normalized spacial score (nSPS) is 14.9. The van der Waals surface area contributed by atoms with Crippen LogP contribution in [0.25, 0.3) is 0 Å². The van der Waals surface area contributed by atoms with Gasteiger partial charge in [0.05, 0.1) is 20.1 Å². The summed E-state index contributed by atoms with van der Waals surface area (Å²) in [4.78, 5) is 54.4. The maximum Gasteiger partial charge on any atom is 0.410 e. The lowest BCUT2D eigenvalue weighted by Gasteiger charge is -2.33. The predicted octanol–water partition coefficient (Wildman–Crippen LogP) is 4.99. The van der Waals surface area contributed by atoms with Crippen molar-refractivity contribution < 1.29 is 38.5 Å². The summed E-state index contributed by atoms with van der Waals surface area (Å²) >= 11 is 0. The van der Waals surface area contributed by atoms with Crippen molar-refractivity contribution in [3.8, 4) is 11.5 Å². The molecule has 1 aliphatic rings. The fourth-order valence-electron chi connectivity index (χ4n) is 5.08. The number of nitrogens with zero attached hydrogens (tertiary/aromatic N) is 1. The lowest BCUT2D eigenvalue weighted by Crippen LogP contribution is -2.44. The van der Waals surface area contributed by atoms with E-state index in [4.69, 9.17) is 14.2 Å². The Bertz CT molecular complexity index is 1350. The molecule has 214 valence electrons. The van der Waals surface area contributed by atoms with E-state index >= 15 is 0 Å². The highest BCUT2D eigenvalue weighted by Crippen LogP contribution is 2.35. The Labute approximate surface area is 238 Å². The molecule has 0 aromatic heterocycles. The van der Waals surface area contributed by atoms with Crippen LogP contribution in [0, 0.1) is 11.8 Å². The van der Waals surface area contributed by atoms with Crippen LogP contribution in [-0.2, 0) is 20.9 Å². The molecule has 0 radical (unpaired) electrons. The number of ether oxygens (including phenoxy) is 3. The third-order valence-electron chi connectivity index (χ3n) is 7.40. The van der Waals surface area contributed by atoms with Gasteiger partial charge < -0.3 is 24.2 Å². The molecule has 1 heterocycles. The minimum absolute atomic E-state index is 0.136. The standard InChI is InChI=1S/C32H33NO8/c1-39-25-12-8-22(9-13-25)27(29(34)23-10-14-26(40-2)15-11-23)28(31(36)37)30(35)24-16-18-33(19-17-24)32(38)41-20-21-6-4-3-5-7-21/h3-15,24,27-28H,16-20H2,1-2H3,(H,36,37). The molecule has 9 heteroatoms. The third-order valence-corrected chi connectivity index (χ3v) is 7.40. The van der Waals surface area contributed by atoms with Crippen molar-refractivity contribution in [3.63, 3.8) is 0 Å². The number of aliphatic carboxylic acids is 1. The van der Waals surface area contributed by atoms with Gasteiger partial charge in [-0.25, -0.2) is 4.79 Å². The smallest absolute Gasteiger partial charge is 0.410 e. The molecule has 1 N–H and O–H groups in total. The number of rotatable bonds is 11. The van der Waals surface area contributed by atoms with E-state index in [0.717, 1.165) is 5.56 Å². The van der Waals surface area contributed by atoms with Crippen LogP contribution in [0.3, 0.4) is 0 Å². The molecule has 1 saturated heterocycles. The zero-order chi connectivity index (χ0) is 29.4. The number of likely N-dealkylation sites (tertiary alicyclic amines) is 1. The van der Waals surface area contributed by atoms with E-state index < -0.39 is 41.4 Å². The largest absolute Gasteiger partial charge is 0.497 e. The summed E-state index contributed by atoms with van der Waals surface area (Å²) in [5.74, 6) is -4.80. The van der Waals surface area contributed by atoms with Gasteiger partial charge in [0.1, 0.15) is 24.0 Å². The van der Waals surface area contributed by atoms with Gasteiger partial charge in [0.2, 0.25) is 0 Å². The maximum atomic E-state index is 13.8. The second-order valence-electron chi connectivity index (χ2n) is 9.86. The highest BCUT2D eigenvalue weighted by atomic mass is 16.6. The summed E-state index contributed by atoms with van der Waals surface area (Å²) in [6, 6.07) is 22.1. The van der Waals surface area contributed by atoms with Gasteiger partial charge in [0.25, 0.3) is 0 Å². The molecule has 41 heavy (non-hydrogen) atoms. The molecular formula is C32H33NO8. The van der Waals surface area contributed by atoms with E-state index in [-0.39, 0.29) is 38.1 Å². The van der Waals surface area contributed by atoms with E-state index in [9.17, 15) is 24.3 Å². The molecule has 3 aromatic rings. The number of benzene rings is 3. The van der Waals surface area contributed by atoms with Crippen LogP contribution in [-0.4, -0.2) is 60.9 Å². The molecule has 9 nitrogen and oxygen atoms in total. The number of piperidine rings is 1. The average molecular weight is 560 g/mol. The first-order chi connectivity index (χ1) is 19.8. The topological polar surface area (TPSA) is 119 Å². The number of carbonyl (C=O) groups is 4. The molecule has 0 saturated carbocycles. The fourth-order valence-corrected chi connectivity index (χ4v) is 5.08. The zero-order valence-corrected chi connectivity index (χ0v) is 23.0. The van der Waals surface area contributed by atoms with Gasteiger partial charge >= 0.3 is 12.1 Å². The summed E-state index contributed by atoms with van der Waals surface area (Å²) in [6.45, 7) is 0.628. The van der Waals surface area contributed by atoms with Gasteiger partial charge in [-0.05, 0) is 60.4 Å². The first kappa shape index (κ1) is 29.3. The molecule has 1 aliphatic heterocycles. The average Bonchev–Trinajstić information content (AvgIpc) is 3.02. The number of amides is 1.